The fraction of sp³-hybridized carbons (Fsp3) is 0.250. The number of aliphatic hydroxyl groups is 1. The lowest BCUT2D eigenvalue weighted by molar-refractivity contribution is 0.304. The summed E-state index contributed by atoms with van der Waals surface area (Å²) in [7, 11) is 1.80. The van der Waals surface area contributed by atoms with Gasteiger partial charge in [-0.1, -0.05) is 30.3 Å². The largest absolute Gasteiger partial charge is 0.395 e. The number of nitrogens with one attached hydrogen (secondary N) is 1. The van der Waals surface area contributed by atoms with E-state index in [2.05, 4.69) is 25.3 Å². The number of likely N-dealkylation sites (N-methyl/N-ethyl adjacent to an activating group) is 1. The number of halogens is 1. The molecule has 0 spiro atoms. The molecule has 0 saturated carbocycles. The molecule has 0 fully saturated rings. The van der Waals surface area contributed by atoms with Gasteiger partial charge in [0, 0.05) is 20.1 Å². The van der Waals surface area contributed by atoms with Gasteiger partial charge in [0.25, 0.3) is 0 Å². The molecule has 1 aromatic carbocycles. The highest BCUT2D eigenvalue weighted by Gasteiger charge is 2.13. The molecule has 2 heterocycles. The van der Waals surface area contributed by atoms with Crippen molar-refractivity contribution in [3.05, 3.63) is 47.4 Å². The molecule has 0 aliphatic heterocycles. The molecule has 2 aromatic heterocycles. The third-order valence-electron chi connectivity index (χ3n) is 3.48. The highest BCUT2D eigenvalue weighted by atomic mass is 35.5. The average Bonchev–Trinajstić information content (AvgIpc) is 2.60. The van der Waals surface area contributed by atoms with E-state index in [9.17, 15) is 0 Å². The van der Waals surface area contributed by atoms with Crippen LogP contribution in [0.5, 0.6) is 0 Å². The third kappa shape index (κ3) is 3.69. The molecule has 0 aliphatic rings. The molecule has 124 valence electrons. The van der Waals surface area contributed by atoms with Gasteiger partial charge in [-0.2, -0.15) is 9.97 Å². The summed E-state index contributed by atoms with van der Waals surface area (Å²) in [6, 6.07) is 10.0. The minimum atomic E-state index is 0.00373. The van der Waals surface area contributed by atoms with Gasteiger partial charge in [0.1, 0.15) is 5.82 Å². The summed E-state index contributed by atoms with van der Waals surface area (Å²) in [5.74, 6) is 1.15. The molecular weight excluding hydrogens is 328 g/mol. The first kappa shape index (κ1) is 16.4. The van der Waals surface area contributed by atoms with Gasteiger partial charge < -0.3 is 15.3 Å². The molecule has 0 unspecified atom stereocenters. The lowest BCUT2D eigenvalue weighted by Crippen LogP contribution is -2.23. The minimum absolute atomic E-state index is 0.00373. The van der Waals surface area contributed by atoms with Gasteiger partial charge >= 0.3 is 0 Å². The van der Waals surface area contributed by atoms with Crippen molar-refractivity contribution in [2.24, 2.45) is 0 Å². The molecule has 0 bridgehead atoms. The molecule has 0 radical (unpaired) electrons. The standard InChI is InChI=1S/C16H17ClN6O/c1-23(7-8-24)15-13-14(21-16(17)22-15)20-12(10-19-13)18-9-11-5-3-2-4-6-11/h2-6,10,24H,7-9H2,1H3,(H,18,20,21,22). The Labute approximate surface area is 144 Å². The summed E-state index contributed by atoms with van der Waals surface area (Å²) in [5, 5.41) is 12.4. The molecule has 0 aliphatic carbocycles. The number of rotatable bonds is 6. The van der Waals surface area contributed by atoms with E-state index in [4.69, 9.17) is 16.7 Å². The van der Waals surface area contributed by atoms with Crippen LogP contribution in [0, 0.1) is 0 Å². The maximum atomic E-state index is 9.10. The van der Waals surface area contributed by atoms with Crippen molar-refractivity contribution in [2.45, 2.75) is 6.54 Å². The van der Waals surface area contributed by atoms with Crippen LogP contribution in [0.15, 0.2) is 36.5 Å². The van der Waals surface area contributed by atoms with E-state index < -0.39 is 0 Å². The van der Waals surface area contributed by atoms with Gasteiger partial charge in [-0.3, -0.25) is 0 Å². The van der Waals surface area contributed by atoms with E-state index in [1.807, 2.05) is 30.3 Å². The number of anilines is 2. The van der Waals surface area contributed by atoms with Crippen LogP contribution in [0.4, 0.5) is 11.6 Å². The van der Waals surface area contributed by atoms with Crippen LogP contribution < -0.4 is 10.2 Å². The van der Waals surface area contributed by atoms with Crippen LogP contribution in [0.1, 0.15) is 5.56 Å². The highest BCUT2D eigenvalue weighted by Crippen LogP contribution is 2.22. The van der Waals surface area contributed by atoms with Crippen molar-refractivity contribution >= 4 is 34.4 Å². The summed E-state index contributed by atoms with van der Waals surface area (Å²) in [6.07, 6.45) is 1.64. The van der Waals surface area contributed by atoms with E-state index in [0.717, 1.165) is 5.56 Å². The zero-order chi connectivity index (χ0) is 16.9. The third-order valence-corrected chi connectivity index (χ3v) is 3.64. The lowest BCUT2D eigenvalue weighted by Gasteiger charge is -2.17. The fourth-order valence-corrected chi connectivity index (χ4v) is 2.42. The summed E-state index contributed by atoms with van der Waals surface area (Å²) < 4.78 is 0. The van der Waals surface area contributed by atoms with Crippen LogP contribution in [0.3, 0.4) is 0 Å². The zero-order valence-electron chi connectivity index (χ0n) is 13.1. The van der Waals surface area contributed by atoms with E-state index >= 15 is 0 Å². The molecule has 0 amide bonds. The van der Waals surface area contributed by atoms with Crippen LogP contribution in [0.2, 0.25) is 5.28 Å². The summed E-state index contributed by atoms with van der Waals surface area (Å²) in [5.41, 5.74) is 2.09. The van der Waals surface area contributed by atoms with Crippen LogP contribution in [0.25, 0.3) is 11.2 Å². The number of aromatic nitrogens is 4. The molecular formula is C16H17ClN6O. The molecule has 0 saturated heterocycles. The van der Waals surface area contributed by atoms with E-state index in [1.165, 1.54) is 0 Å². The number of fused-ring (bicyclic) bond motifs is 1. The van der Waals surface area contributed by atoms with E-state index in [0.29, 0.717) is 35.9 Å². The van der Waals surface area contributed by atoms with Gasteiger partial charge in [0.05, 0.1) is 12.8 Å². The van der Waals surface area contributed by atoms with Crippen LogP contribution in [-0.4, -0.2) is 45.2 Å². The first-order valence-electron chi connectivity index (χ1n) is 7.47. The molecule has 3 rings (SSSR count). The number of aliphatic hydroxyl groups excluding tert-OH is 1. The molecule has 0 atom stereocenters. The van der Waals surface area contributed by atoms with Crippen LogP contribution in [-0.2, 0) is 6.54 Å². The highest BCUT2D eigenvalue weighted by molar-refractivity contribution is 6.28. The Hall–Kier alpha value is -2.51. The lowest BCUT2D eigenvalue weighted by atomic mass is 10.2. The van der Waals surface area contributed by atoms with Crippen LogP contribution >= 0.6 is 11.6 Å². The second kappa shape index (κ2) is 7.37. The van der Waals surface area contributed by atoms with Crippen molar-refractivity contribution in [1.29, 1.82) is 0 Å². The van der Waals surface area contributed by atoms with Gasteiger partial charge in [0.2, 0.25) is 5.28 Å². The van der Waals surface area contributed by atoms with Crippen molar-refractivity contribution in [2.75, 3.05) is 30.4 Å². The number of hydrogen-bond donors (Lipinski definition) is 2. The monoisotopic (exact) mass is 344 g/mol. The first-order chi connectivity index (χ1) is 11.7. The predicted octanol–water partition coefficient (Wildman–Crippen LogP) is 2.11. The minimum Gasteiger partial charge on any atom is -0.395 e. The summed E-state index contributed by atoms with van der Waals surface area (Å²) >= 11 is 5.99. The zero-order valence-corrected chi connectivity index (χ0v) is 13.9. The Morgan fingerprint density at radius 3 is 2.71 bits per heavy atom. The fourth-order valence-electron chi connectivity index (χ4n) is 2.26. The number of nitrogens with zero attached hydrogens (tertiary/aromatic N) is 5. The smallest absolute Gasteiger partial charge is 0.226 e. The topological polar surface area (TPSA) is 87.1 Å². The second-order valence-electron chi connectivity index (χ2n) is 5.23. The quantitative estimate of drug-likeness (QED) is 0.662. The van der Waals surface area contributed by atoms with Gasteiger partial charge in [0.15, 0.2) is 17.0 Å². The predicted molar refractivity (Wildman–Crippen MR) is 94.3 cm³/mol. The molecule has 8 heteroatoms. The second-order valence-corrected chi connectivity index (χ2v) is 5.57. The maximum Gasteiger partial charge on any atom is 0.226 e. The number of hydrogen-bond acceptors (Lipinski definition) is 7. The van der Waals surface area contributed by atoms with Gasteiger partial charge in [-0.05, 0) is 17.2 Å². The average molecular weight is 345 g/mol. The first-order valence-corrected chi connectivity index (χ1v) is 7.85. The number of benzene rings is 1. The van der Waals surface area contributed by atoms with Crippen molar-refractivity contribution < 1.29 is 5.11 Å². The Kier molecular flexibility index (Phi) is 5.02. The van der Waals surface area contributed by atoms with Gasteiger partial charge in [-0.25, -0.2) is 9.97 Å². The molecule has 2 N–H and O–H groups in total. The van der Waals surface area contributed by atoms with Gasteiger partial charge in [-0.15, -0.1) is 0 Å². The molecule has 7 nitrogen and oxygen atoms in total. The molecule has 24 heavy (non-hydrogen) atoms. The van der Waals surface area contributed by atoms with Crippen molar-refractivity contribution in [1.82, 2.24) is 19.9 Å². The van der Waals surface area contributed by atoms with Crippen molar-refractivity contribution in [3.8, 4) is 0 Å². The Morgan fingerprint density at radius 2 is 1.96 bits per heavy atom. The Balaban J connectivity index is 1.88. The van der Waals surface area contributed by atoms with E-state index in [-0.39, 0.29) is 11.9 Å². The van der Waals surface area contributed by atoms with E-state index in [1.54, 1.807) is 18.1 Å². The Morgan fingerprint density at radius 1 is 1.17 bits per heavy atom. The Bertz CT molecular complexity index is 829. The van der Waals surface area contributed by atoms with Crippen molar-refractivity contribution in [3.63, 3.8) is 0 Å². The molecule has 3 aromatic rings. The SMILES string of the molecule is CN(CCO)c1nc(Cl)nc2nc(NCc3ccccc3)cnc12. The summed E-state index contributed by atoms with van der Waals surface area (Å²) in [4.78, 5) is 19.0. The maximum absolute atomic E-state index is 9.10. The normalized spacial score (nSPS) is 10.8. The summed E-state index contributed by atoms with van der Waals surface area (Å²) in [6.45, 7) is 1.05.